The lowest BCUT2D eigenvalue weighted by Gasteiger charge is -2.37. The molecule has 0 fully saturated rings. The standard InChI is InChI=1S/C9H14N2O4/c1-9(2)6-4(8(12)11-14-6)3-5(10)7(9)15-13/h5,7,13H,3,10H2,1-2H3,(H,11,12)/t5-,7?/m0/s1. The molecule has 0 spiro atoms. The number of rotatable bonds is 1. The van der Waals surface area contributed by atoms with Crippen molar-refractivity contribution < 1.29 is 19.8 Å². The van der Waals surface area contributed by atoms with E-state index in [0.29, 0.717) is 17.7 Å². The molecular formula is C9H14N2O4. The van der Waals surface area contributed by atoms with Crippen molar-refractivity contribution in [2.45, 2.75) is 37.8 Å². The van der Waals surface area contributed by atoms with Gasteiger partial charge in [-0.2, -0.15) is 0 Å². The van der Waals surface area contributed by atoms with E-state index in [1.54, 1.807) is 0 Å². The summed E-state index contributed by atoms with van der Waals surface area (Å²) in [6.45, 7) is 3.63. The molecule has 84 valence electrons. The number of aromatic hydroxyl groups is 1. The Morgan fingerprint density at radius 2 is 2.27 bits per heavy atom. The predicted molar refractivity (Wildman–Crippen MR) is 50.4 cm³/mol. The summed E-state index contributed by atoms with van der Waals surface area (Å²) in [6, 6.07) is -0.400. The number of hydrogen-bond acceptors (Lipinski definition) is 6. The lowest BCUT2D eigenvalue weighted by molar-refractivity contribution is -0.299. The molecule has 0 radical (unpaired) electrons. The van der Waals surface area contributed by atoms with Gasteiger partial charge in [-0.25, -0.2) is 4.89 Å². The van der Waals surface area contributed by atoms with Gasteiger partial charge in [-0.05, 0) is 25.4 Å². The molecule has 6 nitrogen and oxygen atoms in total. The van der Waals surface area contributed by atoms with E-state index in [1.165, 1.54) is 0 Å². The van der Waals surface area contributed by atoms with Crippen molar-refractivity contribution in [3.8, 4) is 5.88 Å². The van der Waals surface area contributed by atoms with Crippen molar-refractivity contribution in [3.05, 3.63) is 11.3 Å². The average Bonchev–Trinajstić information content (AvgIpc) is 2.48. The van der Waals surface area contributed by atoms with Gasteiger partial charge in [-0.15, -0.1) is 0 Å². The Morgan fingerprint density at radius 1 is 1.60 bits per heavy atom. The molecule has 4 N–H and O–H groups in total. The van der Waals surface area contributed by atoms with Crippen molar-refractivity contribution in [2.75, 3.05) is 0 Å². The molecule has 1 aromatic heterocycles. The van der Waals surface area contributed by atoms with E-state index in [2.05, 4.69) is 10.0 Å². The maximum atomic E-state index is 9.44. The van der Waals surface area contributed by atoms with Gasteiger partial charge in [0.1, 0.15) is 6.10 Å². The van der Waals surface area contributed by atoms with Crippen LogP contribution in [-0.2, 0) is 16.7 Å². The highest BCUT2D eigenvalue weighted by atomic mass is 17.1. The van der Waals surface area contributed by atoms with Gasteiger partial charge in [-0.1, -0.05) is 0 Å². The first kappa shape index (κ1) is 10.4. The molecule has 0 amide bonds. The molecule has 1 aliphatic carbocycles. The monoisotopic (exact) mass is 214 g/mol. The summed E-state index contributed by atoms with van der Waals surface area (Å²) < 4.78 is 5.04. The Kier molecular flexibility index (Phi) is 2.22. The second-order valence-electron chi connectivity index (χ2n) is 4.43. The number of nitrogens with two attached hydrogens (primary N) is 1. The highest BCUT2D eigenvalue weighted by Gasteiger charge is 2.47. The van der Waals surface area contributed by atoms with Crippen LogP contribution in [0, 0.1) is 0 Å². The van der Waals surface area contributed by atoms with Crippen LogP contribution in [0.4, 0.5) is 0 Å². The molecule has 15 heavy (non-hydrogen) atoms. The first-order valence-corrected chi connectivity index (χ1v) is 4.72. The maximum absolute atomic E-state index is 9.44. The fourth-order valence-corrected chi connectivity index (χ4v) is 2.21. The fraction of sp³-hybridized carbons (Fsp3) is 0.667. The van der Waals surface area contributed by atoms with Crippen LogP contribution >= 0.6 is 0 Å². The molecule has 1 aliphatic rings. The predicted octanol–water partition coefficient (Wildman–Crippen LogP) is 0.399. The summed E-state index contributed by atoms with van der Waals surface area (Å²) in [5, 5.41) is 21.8. The van der Waals surface area contributed by atoms with Crippen LogP contribution in [-0.4, -0.2) is 27.7 Å². The summed E-state index contributed by atoms with van der Waals surface area (Å²) in [5.41, 5.74) is 5.83. The average molecular weight is 214 g/mol. The van der Waals surface area contributed by atoms with Gasteiger partial charge in [-0.3, -0.25) is 5.26 Å². The molecule has 0 aliphatic heterocycles. The van der Waals surface area contributed by atoms with Crippen LogP contribution in [0.1, 0.15) is 25.2 Å². The highest BCUT2D eigenvalue weighted by molar-refractivity contribution is 5.37. The summed E-state index contributed by atoms with van der Waals surface area (Å²) in [7, 11) is 0. The zero-order valence-electron chi connectivity index (χ0n) is 8.60. The number of aromatic nitrogens is 1. The number of hydrogen-bond donors (Lipinski definition) is 3. The molecule has 0 aromatic carbocycles. The summed E-state index contributed by atoms with van der Waals surface area (Å²) in [4.78, 5) is 4.39. The van der Waals surface area contributed by atoms with Crippen LogP contribution in [0.25, 0.3) is 0 Å². The van der Waals surface area contributed by atoms with Crippen molar-refractivity contribution >= 4 is 0 Å². The lowest BCUT2D eigenvalue weighted by Crippen LogP contribution is -2.52. The minimum atomic E-state index is -0.615. The van der Waals surface area contributed by atoms with Crippen LogP contribution in [0.2, 0.25) is 0 Å². The zero-order chi connectivity index (χ0) is 11.2. The summed E-state index contributed by atoms with van der Waals surface area (Å²) in [6.07, 6.45) is -0.198. The van der Waals surface area contributed by atoms with E-state index >= 15 is 0 Å². The molecule has 6 heteroatoms. The Morgan fingerprint density at radius 3 is 2.87 bits per heavy atom. The minimum Gasteiger partial charge on any atom is -0.491 e. The molecule has 1 unspecified atom stereocenters. The Labute approximate surface area is 86.6 Å². The van der Waals surface area contributed by atoms with Gasteiger partial charge in [0.2, 0.25) is 0 Å². The lowest BCUT2D eigenvalue weighted by atomic mass is 9.73. The summed E-state index contributed by atoms with van der Waals surface area (Å²) in [5.74, 6) is 0.380. The fourth-order valence-electron chi connectivity index (χ4n) is 2.21. The Balaban J connectivity index is 2.51. The van der Waals surface area contributed by atoms with Gasteiger partial charge in [0, 0.05) is 6.04 Å². The van der Waals surface area contributed by atoms with Gasteiger partial charge in [0.05, 0.1) is 11.0 Å². The van der Waals surface area contributed by atoms with E-state index in [9.17, 15) is 5.11 Å². The van der Waals surface area contributed by atoms with Crippen LogP contribution in [0.5, 0.6) is 5.88 Å². The largest absolute Gasteiger partial charge is 0.491 e. The van der Waals surface area contributed by atoms with Crippen molar-refractivity contribution in [3.63, 3.8) is 0 Å². The van der Waals surface area contributed by atoms with Crippen molar-refractivity contribution in [1.29, 1.82) is 0 Å². The van der Waals surface area contributed by atoms with Gasteiger partial charge < -0.3 is 15.4 Å². The second-order valence-corrected chi connectivity index (χ2v) is 4.43. The van der Waals surface area contributed by atoms with E-state index in [-0.39, 0.29) is 5.88 Å². The molecular weight excluding hydrogens is 200 g/mol. The molecule has 1 aromatic rings. The van der Waals surface area contributed by atoms with E-state index < -0.39 is 17.6 Å². The van der Waals surface area contributed by atoms with Crippen LogP contribution in [0.15, 0.2) is 4.52 Å². The minimum absolute atomic E-state index is 0.134. The van der Waals surface area contributed by atoms with Crippen molar-refractivity contribution in [1.82, 2.24) is 5.16 Å². The van der Waals surface area contributed by atoms with Crippen molar-refractivity contribution in [2.24, 2.45) is 5.73 Å². The first-order chi connectivity index (χ1) is 6.98. The second kappa shape index (κ2) is 3.19. The quantitative estimate of drug-likeness (QED) is 0.462. The molecule has 0 saturated carbocycles. The molecule has 2 atom stereocenters. The number of fused-ring (bicyclic) bond motifs is 1. The van der Waals surface area contributed by atoms with Gasteiger partial charge in [0.25, 0.3) is 5.88 Å². The highest BCUT2D eigenvalue weighted by Crippen LogP contribution is 2.41. The topological polar surface area (TPSA) is 102 Å². The normalized spacial score (nSPS) is 28.8. The van der Waals surface area contributed by atoms with Crippen LogP contribution in [0.3, 0.4) is 0 Å². The third kappa shape index (κ3) is 1.33. The number of nitrogens with zero attached hydrogens (tertiary/aromatic N) is 1. The van der Waals surface area contributed by atoms with E-state index in [1.807, 2.05) is 13.8 Å². The Bertz CT molecular complexity index is 374. The molecule has 0 saturated heterocycles. The van der Waals surface area contributed by atoms with E-state index in [0.717, 1.165) is 0 Å². The maximum Gasteiger partial charge on any atom is 0.255 e. The SMILES string of the molecule is CC1(C)c2onc(O)c2C[C@H](N)C1OO. The zero-order valence-corrected chi connectivity index (χ0v) is 8.60. The van der Waals surface area contributed by atoms with Gasteiger partial charge >= 0.3 is 0 Å². The first-order valence-electron chi connectivity index (χ1n) is 4.72. The van der Waals surface area contributed by atoms with Crippen LogP contribution < -0.4 is 5.73 Å². The van der Waals surface area contributed by atoms with Gasteiger partial charge in [0.15, 0.2) is 5.76 Å². The smallest absolute Gasteiger partial charge is 0.255 e. The van der Waals surface area contributed by atoms with E-state index in [4.69, 9.17) is 15.5 Å². The molecule has 2 rings (SSSR count). The third-order valence-electron chi connectivity index (χ3n) is 3.01. The Hall–Kier alpha value is -1.11. The summed E-state index contributed by atoms with van der Waals surface area (Å²) >= 11 is 0. The molecule has 1 heterocycles. The molecule has 0 bridgehead atoms. The third-order valence-corrected chi connectivity index (χ3v) is 3.01.